The molecule has 154 valence electrons. The van der Waals surface area contributed by atoms with E-state index in [0.29, 0.717) is 26.3 Å². The van der Waals surface area contributed by atoms with Crippen LogP contribution in [0.15, 0.2) is 24.3 Å². The molecule has 0 aliphatic carbocycles. The van der Waals surface area contributed by atoms with E-state index in [1.54, 1.807) is 16.8 Å². The van der Waals surface area contributed by atoms with E-state index < -0.39 is 6.04 Å². The summed E-state index contributed by atoms with van der Waals surface area (Å²) in [5.41, 5.74) is 1.88. The second-order valence-corrected chi connectivity index (χ2v) is 7.22. The van der Waals surface area contributed by atoms with Crippen molar-refractivity contribution in [3.63, 3.8) is 0 Å². The Morgan fingerprint density at radius 2 is 1.61 bits per heavy atom. The molecule has 2 aliphatic rings. The maximum absolute atomic E-state index is 12.6. The van der Waals surface area contributed by atoms with Crippen LogP contribution in [0, 0.1) is 0 Å². The lowest BCUT2D eigenvalue weighted by atomic mass is 10.2. The summed E-state index contributed by atoms with van der Waals surface area (Å²) >= 11 is 0. The monoisotopic (exact) mass is 390 g/mol. The van der Waals surface area contributed by atoms with E-state index in [9.17, 15) is 9.59 Å². The number of morpholine rings is 2. The first-order chi connectivity index (χ1) is 13.5. The molecule has 2 fully saturated rings. The van der Waals surface area contributed by atoms with E-state index in [1.165, 1.54) is 0 Å². The van der Waals surface area contributed by atoms with Gasteiger partial charge in [0.15, 0.2) is 0 Å². The predicted molar refractivity (Wildman–Crippen MR) is 108 cm³/mol. The lowest BCUT2D eigenvalue weighted by molar-refractivity contribution is -0.137. The number of hydrogen-bond acceptors (Lipinski definition) is 6. The second-order valence-electron chi connectivity index (χ2n) is 7.22. The van der Waals surface area contributed by atoms with Crippen molar-refractivity contribution in [3.8, 4) is 0 Å². The molecule has 0 bridgehead atoms. The molecule has 1 aromatic carbocycles. The van der Waals surface area contributed by atoms with Crippen LogP contribution in [0.3, 0.4) is 0 Å². The minimum absolute atomic E-state index is 0.0281. The second kappa shape index (κ2) is 9.86. The molecule has 2 aliphatic heterocycles. The van der Waals surface area contributed by atoms with Crippen molar-refractivity contribution in [3.05, 3.63) is 24.3 Å². The van der Waals surface area contributed by atoms with Crippen LogP contribution in [0.1, 0.15) is 6.92 Å². The topological polar surface area (TPSA) is 74.4 Å². The Hall–Kier alpha value is -2.16. The summed E-state index contributed by atoms with van der Waals surface area (Å²) in [5.74, 6) is -0.100. The number of nitrogens with zero attached hydrogens (tertiary/aromatic N) is 3. The van der Waals surface area contributed by atoms with Gasteiger partial charge in [0.25, 0.3) is 0 Å². The van der Waals surface area contributed by atoms with Gasteiger partial charge >= 0.3 is 0 Å². The fraction of sp³-hybridized carbons (Fsp3) is 0.600. The molecule has 8 heteroatoms. The summed E-state index contributed by atoms with van der Waals surface area (Å²) in [6.07, 6.45) is 0. The molecule has 0 unspecified atom stereocenters. The highest BCUT2D eigenvalue weighted by Gasteiger charge is 2.24. The van der Waals surface area contributed by atoms with Gasteiger partial charge in [0.05, 0.1) is 39.0 Å². The van der Waals surface area contributed by atoms with Crippen molar-refractivity contribution in [1.82, 2.24) is 9.80 Å². The van der Waals surface area contributed by atoms with Crippen molar-refractivity contribution >= 4 is 23.2 Å². The quantitative estimate of drug-likeness (QED) is 0.769. The third-order valence-electron chi connectivity index (χ3n) is 5.30. The van der Waals surface area contributed by atoms with Crippen molar-refractivity contribution in [1.29, 1.82) is 0 Å². The predicted octanol–water partition coefficient (Wildman–Crippen LogP) is 0.641. The van der Waals surface area contributed by atoms with Gasteiger partial charge in [-0.1, -0.05) is 0 Å². The standard InChI is InChI=1S/C20H30N4O4/c1-16(22(2)15-19(25)24-9-13-28-14-10-24)20(26)21-17-3-5-18(6-4-17)23-7-11-27-12-8-23/h3-6,16H,7-15H2,1-2H3,(H,21,26)/t16-/m1/s1. The average Bonchev–Trinajstić information content (AvgIpc) is 2.74. The molecular formula is C20H30N4O4. The first kappa shape index (κ1) is 20.6. The van der Waals surface area contributed by atoms with Gasteiger partial charge < -0.3 is 24.6 Å². The van der Waals surface area contributed by atoms with E-state index in [-0.39, 0.29) is 18.4 Å². The maximum atomic E-state index is 12.6. The van der Waals surface area contributed by atoms with E-state index in [2.05, 4.69) is 10.2 Å². The van der Waals surface area contributed by atoms with Gasteiger partial charge in [0, 0.05) is 37.6 Å². The summed E-state index contributed by atoms with van der Waals surface area (Å²) in [6, 6.07) is 7.43. The normalized spacial score (nSPS) is 18.8. The maximum Gasteiger partial charge on any atom is 0.241 e. The van der Waals surface area contributed by atoms with Crippen molar-refractivity contribution in [2.24, 2.45) is 0 Å². The zero-order valence-corrected chi connectivity index (χ0v) is 16.7. The number of hydrogen-bond donors (Lipinski definition) is 1. The summed E-state index contributed by atoms with van der Waals surface area (Å²) in [7, 11) is 1.80. The number of carbonyl (C=O) groups is 2. The van der Waals surface area contributed by atoms with Crippen LogP contribution in [-0.4, -0.2) is 93.9 Å². The molecule has 0 radical (unpaired) electrons. The van der Waals surface area contributed by atoms with Gasteiger partial charge in [-0.2, -0.15) is 0 Å². The minimum Gasteiger partial charge on any atom is -0.378 e. The Kier molecular flexibility index (Phi) is 7.24. The van der Waals surface area contributed by atoms with Gasteiger partial charge in [0.1, 0.15) is 0 Å². The highest BCUT2D eigenvalue weighted by atomic mass is 16.5. The lowest BCUT2D eigenvalue weighted by Crippen LogP contribution is -2.48. The van der Waals surface area contributed by atoms with E-state index in [0.717, 1.165) is 37.7 Å². The van der Waals surface area contributed by atoms with Crippen molar-refractivity contribution < 1.29 is 19.1 Å². The molecular weight excluding hydrogens is 360 g/mol. The highest BCUT2D eigenvalue weighted by Crippen LogP contribution is 2.19. The van der Waals surface area contributed by atoms with Crippen LogP contribution in [0.4, 0.5) is 11.4 Å². The van der Waals surface area contributed by atoms with E-state index >= 15 is 0 Å². The Balaban J connectivity index is 1.49. The van der Waals surface area contributed by atoms with Crippen LogP contribution < -0.4 is 10.2 Å². The number of benzene rings is 1. The fourth-order valence-corrected chi connectivity index (χ4v) is 3.29. The smallest absolute Gasteiger partial charge is 0.241 e. The van der Waals surface area contributed by atoms with Gasteiger partial charge in [-0.3, -0.25) is 14.5 Å². The van der Waals surface area contributed by atoms with Crippen LogP contribution >= 0.6 is 0 Å². The summed E-state index contributed by atoms with van der Waals surface area (Å²) < 4.78 is 10.6. The Bertz CT molecular complexity index is 655. The molecule has 3 rings (SSSR count). The number of carbonyl (C=O) groups excluding carboxylic acids is 2. The molecule has 2 amide bonds. The van der Waals surface area contributed by atoms with Crippen LogP contribution in [0.2, 0.25) is 0 Å². The van der Waals surface area contributed by atoms with Crippen LogP contribution in [-0.2, 0) is 19.1 Å². The highest BCUT2D eigenvalue weighted by molar-refractivity contribution is 5.95. The molecule has 0 aromatic heterocycles. The largest absolute Gasteiger partial charge is 0.378 e. The molecule has 1 aromatic rings. The summed E-state index contributed by atoms with van der Waals surface area (Å²) in [6.45, 7) is 7.64. The third-order valence-corrected chi connectivity index (χ3v) is 5.30. The zero-order chi connectivity index (χ0) is 19.9. The van der Waals surface area contributed by atoms with Gasteiger partial charge in [-0.25, -0.2) is 0 Å². The number of anilines is 2. The molecule has 28 heavy (non-hydrogen) atoms. The van der Waals surface area contributed by atoms with Crippen LogP contribution in [0.25, 0.3) is 0 Å². The summed E-state index contributed by atoms with van der Waals surface area (Å²) in [5, 5.41) is 2.94. The van der Waals surface area contributed by atoms with E-state index in [4.69, 9.17) is 9.47 Å². The number of ether oxygens (including phenoxy) is 2. The first-order valence-corrected chi connectivity index (χ1v) is 9.84. The Morgan fingerprint density at radius 1 is 1.04 bits per heavy atom. The first-order valence-electron chi connectivity index (χ1n) is 9.84. The van der Waals surface area contributed by atoms with Crippen molar-refractivity contribution in [2.75, 3.05) is 76.4 Å². The molecule has 0 spiro atoms. The molecule has 2 saturated heterocycles. The van der Waals surface area contributed by atoms with Gasteiger partial charge in [-0.15, -0.1) is 0 Å². The molecule has 1 N–H and O–H groups in total. The lowest BCUT2D eigenvalue weighted by Gasteiger charge is -2.30. The molecule has 1 atom stereocenters. The molecule has 2 heterocycles. The molecule has 0 saturated carbocycles. The number of amides is 2. The van der Waals surface area contributed by atoms with Crippen LogP contribution in [0.5, 0.6) is 0 Å². The Morgan fingerprint density at radius 3 is 2.21 bits per heavy atom. The number of nitrogens with one attached hydrogen (secondary N) is 1. The van der Waals surface area contributed by atoms with Crippen molar-refractivity contribution in [2.45, 2.75) is 13.0 Å². The number of likely N-dealkylation sites (N-methyl/N-ethyl adjacent to an activating group) is 1. The number of rotatable bonds is 6. The average molecular weight is 390 g/mol. The SMILES string of the molecule is C[C@H](C(=O)Nc1ccc(N2CCOCC2)cc1)N(C)CC(=O)N1CCOCC1. The van der Waals surface area contributed by atoms with E-state index in [1.807, 2.05) is 31.2 Å². The van der Waals surface area contributed by atoms with Gasteiger partial charge in [0.2, 0.25) is 11.8 Å². The molecule has 8 nitrogen and oxygen atoms in total. The summed E-state index contributed by atoms with van der Waals surface area (Å²) in [4.78, 5) is 30.8. The Labute approximate surface area is 166 Å². The van der Waals surface area contributed by atoms with Gasteiger partial charge in [-0.05, 0) is 38.2 Å². The minimum atomic E-state index is -0.413. The zero-order valence-electron chi connectivity index (χ0n) is 16.7. The fourth-order valence-electron chi connectivity index (χ4n) is 3.29. The third kappa shape index (κ3) is 5.43.